The van der Waals surface area contributed by atoms with E-state index in [4.69, 9.17) is 9.47 Å². The summed E-state index contributed by atoms with van der Waals surface area (Å²) in [4.78, 5) is 9.03. The number of benzene rings is 1. The number of aliphatic hydroxyl groups is 1. The number of aromatic nitrogens is 1. The highest BCUT2D eigenvalue weighted by atomic mass is 16.5. The maximum atomic E-state index is 10.5. The number of rotatable bonds is 11. The van der Waals surface area contributed by atoms with Gasteiger partial charge in [-0.25, -0.2) is 0 Å². The Bertz CT molecular complexity index is 779. The highest BCUT2D eigenvalue weighted by Gasteiger charge is 2.15. The lowest BCUT2D eigenvalue weighted by Crippen LogP contribution is -2.37. The topological polar surface area (TPSA) is 58.1 Å². The molecule has 6 nitrogen and oxygen atoms in total. The van der Waals surface area contributed by atoms with Crippen molar-refractivity contribution in [1.29, 1.82) is 0 Å². The fraction of sp³-hybridized carbons (Fsp3) is 0.577. The van der Waals surface area contributed by atoms with Crippen LogP contribution >= 0.6 is 0 Å². The van der Waals surface area contributed by atoms with Crippen LogP contribution in [0.3, 0.4) is 0 Å². The molecule has 1 aromatic heterocycles. The number of hydrogen-bond acceptors (Lipinski definition) is 6. The maximum absolute atomic E-state index is 10.5. The van der Waals surface area contributed by atoms with Crippen LogP contribution in [0, 0.1) is 0 Å². The SMILES string of the molecule is COc1cc(CN(C)CCc2ccccn2)ccc1OC[C@H](O)CN1CCCCCCC1. The van der Waals surface area contributed by atoms with E-state index in [0.717, 1.165) is 38.3 Å². The molecule has 0 saturated carbocycles. The van der Waals surface area contributed by atoms with Crippen molar-refractivity contribution in [2.75, 3.05) is 46.9 Å². The second-order valence-electron chi connectivity index (χ2n) is 8.83. The largest absolute Gasteiger partial charge is 0.493 e. The summed E-state index contributed by atoms with van der Waals surface area (Å²) in [5.41, 5.74) is 2.27. The number of methoxy groups -OCH3 is 1. The van der Waals surface area contributed by atoms with Gasteiger partial charge in [-0.15, -0.1) is 0 Å². The number of likely N-dealkylation sites (tertiary alicyclic amines) is 1. The zero-order valence-electron chi connectivity index (χ0n) is 19.7. The van der Waals surface area contributed by atoms with Crippen molar-refractivity contribution in [1.82, 2.24) is 14.8 Å². The molecule has 1 aliphatic heterocycles. The highest BCUT2D eigenvalue weighted by molar-refractivity contribution is 5.43. The highest BCUT2D eigenvalue weighted by Crippen LogP contribution is 2.28. The first-order chi connectivity index (χ1) is 15.6. The van der Waals surface area contributed by atoms with Crippen LogP contribution in [-0.2, 0) is 13.0 Å². The Hall–Kier alpha value is -2.15. The van der Waals surface area contributed by atoms with Gasteiger partial charge in [0, 0.05) is 37.9 Å². The third-order valence-electron chi connectivity index (χ3n) is 6.01. The molecule has 1 atom stereocenters. The quantitative estimate of drug-likeness (QED) is 0.573. The van der Waals surface area contributed by atoms with Crippen LogP contribution < -0.4 is 9.47 Å². The van der Waals surface area contributed by atoms with Gasteiger partial charge < -0.3 is 24.4 Å². The molecule has 1 N–H and O–H groups in total. The molecule has 0 bridgehead atoms. The van der Waals surface area contributed by atoms with Gasteiger partial charge in [-0.3, -0.25) is 4.98 Å². The summed E-state index contributed by atoms with van der Waals surface area (Å²) in [7, 11) is 3.77. The molecule has 2 aromatic rings. The molecule has 1 saturated heterocycles. The standard InChI is InChI=1S/C26H39N3O3/c1-28(17-13-23-10-6-7-14-27-23)19-22-11-12-25(26(18-22)31-2)32-21-24(30)20-29-15-8-4-3-5-9-16-29/h6-7,10-12,14,18,24,30H,3-5,8-9,13,15-17,19-21H2,1-2H3/t24-/m1/s1. The van der Waals surface area contributed by atoms with Gasteiger partial charge in [-0.1, -0.05) is 31.4 Å². The minimum absolute atomic E-state index is 0.274. The fourth-order valence-electron chi connectivity index (χ4n) is 4.20. The molecule has 1 aliphatic rings. The molecule has 1 fully saturated rings. The first-order valence-corrected chi connectivity index (χ1v) is 11.9. The van der Waals surface area contributed by atoms with Gasteiger partial charge in [-0.05, 0) is 62.8 Å². The third-order valence-corrected chi connectivity index (χ3v) is 6.01. The van der Waals surface area contributed by atoms with Crippen LogP contribution in [0.1, 0.15) is 43.4 Å². The van der Waals surface area contributed by atoms with E-state index in [0.29, 0.717) is 18.0 Å². The van der Waals surface area contributed by atoms with Crippen molar-refractivity contribution in [3.8, 4) is 11.5 Å². The van der Waals surface area contributed by atoms with Crippen LogP contribution in [0.5, 0.6) is 11.5 Å². The molecule has 0 aliphatic carbocycles. The molecule has 0 spiro atoms. The van der Waals surface area contributed by atoms with E-state index in [1.165, 1.54) is 37.7 Å². The van der Waals surface area contributed by atoms with Crippen molar-refractivity contribution in [2.45, 2.75) is 51.2 Å². The number of β-amino-alcohol motifs (C(OH)–C–C–N with tert-alkyl or cyclic N) is 1. The molecular weight excluding hydrogens is 402 g/mol. The summed E-state index contributed by atoms with van der Waals surface area (Å²) in [5.74, 6) is 1.39. The molecule has 1 aromatic carbocycles. The summed E-state index contributed by atoms with van der Waals surface area (Å²) in [6, 6.07) is 12.1. The van der Waals surface area contributed by atoms with Crippen LogP contribution in [0.4, 0.5) is 0 Å². The number of pyridine rings is 1. The van der Waals surface area contributed by atoms with E-state index < -0.39 is 6.10 Å². The van der Waals surface area contributed by atoms with E-state index >= 15 is 0 Å². The lowest BCUT2D eigenvalue weighted by atomic mass is 10.1. The van der Waals surface area contributed by atoms with Crippen LogP contribution in [-0.4, -0.2) is 72.9 Å². The molecule has 6 heteroatoms. The van der Waals surface area contributed by atoms with Crippen molar-refractivity contribution < 1.29 is 14.6 Å². The molecule has 0 radical (unpaired) electrons. The number of ether oxygens (including phenoxy) is 2. The maximum Gasteiger partial charge on any atom is 0.161 e. The zero-order chi connectivity index (χ0) is 22.6. The monoisotopic (exact) mass is 441 g/mol. The lowest BCUT2D eigenvalue weighted by Gasteiger charge is -2.26. The summed E-state index contributed by atoms with van der Waals surface area (Å²) in [6.45, 7) is 4.84. The van der Waals surface area contributed by atoms with Crippen LogP contribution in [0.25, 0.3) is 0 Å². The van der Waals surface area contributed by atoms with Crippen molar-refractivity contribution in [3.05, 3.63) is 53.9 Å². The van der Waals surface area contributed by atoms with E-state index in [2.05, 4.69) is 34.0 Å². The van der Waals surface area contributed by atoms with Gasteiger partial charge in [-0.2, -0.15) is 0 Å². The molecule has 0 unspecified atom stereocenters. The summed E-state index contributed by atoms with van der Waals surface area (Å²) < 4.78 is 11.5. The van der Waals surface area contributed by atoms with E-state index in [1.807, 2.05) is 30.5 Å². The van der Waals surface area contributed by atoms with Gasteiger partial charge in [0.15, 0.2) is 11.5 Å². The number of hydrogen-bond donors (Lipinski definition) is 1. The molecular formula is C26H39N3O3. The molecule has 176 valence electrons. The second kappa shape index (κ2) is 13.4. The van der Waals surface area contributed by atoms with E-state index in [1.54, 1.807) is 7.11 Å². The van der Waals surface area contributed by atoms with E-state index in [-0.39, 0.29) is 6.61 Å². The van der Waals surface area contributed by atoms with E-state index in [9.17, 15) is 5.11 Å². The Balaban J connectivity index is 1.46. The third kappa shape index (κ3) is 8.41. The van der Waals surface area contributed by atoms with Crippen molar-refractivity contribution >= 4 is 0 Å². The first-order valence-electron chi connectivity index (χ1n) is 11.9. The molecule has 3 rings (SSSR count). The second-order valence-corrected chi connectivity index (χ2v) is 8.83. The Morgan fingerprint density at radius 3 is 2.56 bits per heavy atom. The van der Waals surface area contributed by atoms with Crippen LogP contribution in [0.15, 0.2) is 42.6 Å². The Morgan fingerprint density at radius 1 is 1.06 bits per heavy atom. The summed E-state index contributed by atoms with van der Waals surface area (Å²) in [5, 5.41) is 10.5. The van der Waals surface area contributed by atoms with Gasteiger partial charge in [0.25, 0.3) is 0 Å². The van der Waals surface area contributed by atoms with Crippen molar-refractivity contribution in [2.24, 2.45) is 0 Å². The van der Waals surface area contributed by atoms with Gasteiger partial charge in [0.05, 0.1) is 7.11 Å². The predicted octanol–water partition coefficient (Wildman–Crippen LogP) is 3.77. The lowest BCUT2D eigenvalue weighted by molar-refractivity contribution is 0.0645. The summed E-state index contributed by atoms with van der Waals surface area (Å²) >= 11 is 0. The first kappa shape index (κ1) is 24.5. The van der Waals surface area contributed by atoms with Crippen molar-refractivity contribution in [3.63, 3.8) is 0 Å². The predicted molar refractivity (Wildman–Crippen MR) is 128 cm³/mol. The number of aliphatic hydroxyl groups excluding tert-OH is 1. The van der Waals surface area contributed by atoms with Gasteiger partial charge >= 0.3 is 0 Å². The average Bonchev–Trinajstić information content (AvgIpc) is 2.79. The Morgan fingerprint density at radius 2 is 1.84 bits per heavy atom. The molecule has 32 heavy (non-hydrogen) atoms. The number of likely N-dealkylation sites (N-methyl/N-ethyl adjacent to an activating group) is 1. The normalized spacial score (nSPS) is 16.4. The van der Waals surface area contributed by atoms with Crippen LogP contribution in [0.2, 0.25) is 0 Å². The summed E-state index contributed by atoms with van der Waals surface area (Å²) in [6.07, 6.45) is 8.63. The van der Waals surface area contributed by atoms with Gasteiger partial charge in [0.2, 0.25) is 0 Å². The number of nitrogens with zero attached hydrogens (tertiary/aromatic N) is 3. The molecule has 2 heterocycles. The van der Waals surface area contributed by atoms with Gasteiger partial charge in [0.1, 0.15) is 12.7 Å². The smallest absolute Gasteiger partial charge is 0.161 e. The Labute approximate surface area is 193 Å². The average molecular weight is 442 g/mol. The minimum atomic E-state index is -0.503. The zero-order valence-corrected chi connectivity index (χ0v) is 19.7. The fourth-order valence-corrected chi connectivity index (χ4v) is 4.20. The Kier molecular flexibility index (Phi) is 10.3. The molecule has 0 amide bonds. The minimum Gasteiger partial charge on any atom is -0.493 e.